The fourth-order valence-electron chi connectivity index (χ4n) is 7.30. The number of nitro groups is 1. The molecule has 2 aliphatic carbocycles. The summed E-state index contributed by atoms with van der Waals surface area (Å²) in [7, 11) is 0. The Morgan fingerprint density at radius 2 is 1.72 bits per heavy atom. The van der Waals surface area contributed by atoms with Gasteiger partial charge in [-0.3, -0.25) is 29.4 Å². The smallest absolute Gasteiger partial charge is 0.307 e. The number of halogens is 3. The number of hydrogen-bond acceptors (Lipinski definition) is 7. The summed E-state index contributed by atoms with van der Waals surface area (Å²) in [4.78, 5) is 55.0. The average Bonchev–Trinajstić information content (AvgIpc) is 3.62. The molecular formula is C26H18F3N3O5S2. The number of nitrogens with one attached hydrogen (secondary N) is 1. The number of H-pyrrole nitrogens is 1. The van der Waals surface area contributed by atoms with Crippen LogP contribution in [0.2, 0.25) is 0 Å². The number of nitrogens with zero attached hydrogens (tertiary/aromatic N) is 2. The van der Waals surface area contributed by atoms with Crippen LogP contribution in [0.5, 0.6) is 0 Å². The number of benzene rings is 2. The van der Waals surface area contributed by atoms with Crippen molar-refractivity contribution in [1.29, 1.82) is 0 Å². The van der Waals surface area contributed by atoms with Crippen molar-refractivity contribution in [2.45, 2.75) is 28.8 Å². The number of aromatic amines is 1. The van der Waals surface area contributed by atoms with Gasteiger partial charge in [0.25, 0.3) is 5.69 Å². The molecule has 4 aliphatic rings. The SMILES string of the molecule is O=C1[C@@H]2[C@H]3C[C@@H]([C@@H]2C(=O)N1c1cccc(C(F)(F)F)c1)[C@@H]1[C@@H](c2cccc([N+](=O)[O-])c2)c2sc(=O)[nH]c2S[C@@H]31. The van der Waals surface area contributed by atoms with Crippen molar-refractivity contribution in [1.82, 2.24) is 4.98 Å². The lowest BCUT2D eigenvalue weighted by Crippen LogP contribution is -2.42. The third kappa shape index (κ3) is 3.48. The van der Waals surface area contributed by atoms with E-state index in [0.29, 0.717) is 17.0 Å². The minimum atomic E-state index is -4.62. The van der Waals surface area contributed by atoms with E-state index in [1.807, 2.05) is 0 Å². The fourth-order valence-corrected chi connectivity index (χ4v) is 10.2. The number of amides is 2. The van der Waals surface area contributed by atoms with E-state index in [-0.39, 0.29) is 39.3 Å². The Kier molecular flexibility index (Phi) is 5.22. The van der Waals surface area contributed by atoms with Gasteiger partial charge in [0, 0.05) is 28.2 Å². The summed E-state index contributed by atoms with van der Waals surface area (Å²) < 4.78 is 40.1. The molecule has 2 aromatic carbocycles. The van der Waals surface area contributed by atoms with Gasteiger partial charge in [0.2, 0.25) is 11.8 Å². The van der Waals surface area contributed by atoms with E-state index < -0.39 is 46.2 Å². The summed E-state index contributed by atoms with van der Waals surface area (Å²) in [5, 5.41) is 12.0. The lowest BCUT2D eigenvalue weighted by molar-refractivity contribution is -0.384. The van der Waals surface area contributed by atoms with Crippen molar-refractivity contribution >= 4 is 46.3 Å². The molecule has 13 heteroatoms. The Balaban J connectivity index is 1.31. The first kappa shape index (κ1) is 24.6. The zero-order valence-corrected chi connectivity index (χ0v) is 21.4. The third-order valence-corrected chi connectivity index (χ3v) is 11.2. The van der Waals surface area contributed by atoms with Crippen LogP contribution in [0.1, 0.15) is 28.3 Å². The molecule has 200 valence electrons. The Bertz CT molecular complexity index is 1630. The topological polar surface area (TPSA) is 113 Å². The molecule has 1 saturated heterocycles. The summed E-state index contributed by atoms with van der Waals surface area (Å²) in [5.74, 6) is -3.42. The molecule has 0 unspecified atom stereocenters. The van der Waals surface area contributed by atoms with E-state index in [1.165, 1.54) is 36.0 Å². The fraction of sp³-hybridized carbons (Fsp3) is 0.346. The number of carbonyl (C=O) groups is 2. The number of fused-ring (bicyclic) bond motifs is 9. The van der Waals surface area contributed by atoms with E-state index in [0.717, 1.165) is 33.2 Å². The standard InChI is InChI=1S/C26H18F3N3O5S2/c27-26(28,29)11-4-2-5-12(8-11)31-23(33)18-14-9-15(19(18)24(31)34)20-17(14)16(21-22(38-20)30-25(35)39-21)10-3-1-6-13(7-10)32(36)37/h1-8,14-20H,9H2,(H,30,35)/t14-,15-,16-,17-,18+,19-,20+/m1/s1. The minimum Gasteiger partial charge on any atom is -0.307 e. The molecule has 3 fully saturated rings. The maximum atomic E-state index is 13.7. The first-order chi connectivity index (χ1) is 18.5. The van der Waals surface area contributed by atoms with Gasteiger partial charge in [-0.1, -0.05) is 29.5 Å². The highest BCUT2D eigenvalue weighted by Gasteiger charge is 2.69. The molecule has 8 nitrogen and oxygen atoms in total. The van der Waals surface area contributed by atoms with Crippen LogP contribution in [0.15, 0.2) is 58.4 Å². The molecular weight excluding hydrogens is 555 g/mol. The predicted molar refractivity (Wildman–Crippen MR) is 136 cm³/mol. The highest BCUT2D eigenvalue weighted by Crippen LogP contribution is 2.68. The number of anilines is 1. The number of thioether (sulfide) groups is 1. The van der Waals surface area contributed by atoms with Crippen molar-refractivity contribution in [3.8, 4) is 0 Å². The molecule has 2 aliphatic heterocycles. The van der Waals surface area contributed by atoms with Crippen molar-refractivity contribution in [3.63, 3.8) is 0 Å². The van der Waals surface area contributed by atoms with Crippen LogP contribution in [0.3, 0.4) is 0 Å². The van der Waals surface area contributed by atoms with Gasteiger partial charge in [0.1, 0.15) is 0 Å². The van der Waals surface area contributed by atoms with Gasteiger partial charge in [0.05, 0.1) is 33.0 Å². The number of carbonyl (C=O) groups excluding carboxylic acids is 2. The normalized spacial score (nSPS) is 30.8. The zero-order chi connectivity index (χ0) is 27.4. The van der Waals surface area contributed by atoms with Crippen LogP contribution < -0.4 is 9.77 Å². The van der Waals surface area contributed by atoms with Gasteiger partial charge in [0.15, 0.2) is 0 Å². The van der Waals surface area contributed by atoms with Crippen LogP contribution >= 0.6 is 23.1 Å². The van der Waals surface area contributed by atoms with Gasteiger partial charge >= 0.3 is 11.0 Å². The monoisotopic (exact) mass is 573 g/mol. The second kappa shape index (κ2) is 8.28. The Morgan fingerprint density at radius 1 is 1.00 bits per heavy atom. The van der Waals surface area contributed by atoms with Gasteiger partial charge < -0.3 is 4.98 Å². The first-order valence-electron chi connectivity index (χ1n) is 12.2. The van der Waals surface area contributed by atoms with Gasteiger partial charge in [-0.05, 0) is 47.9 Å². The number of rotatable bonds is 3. The average molecular weight is 574 g/mol. The van der Waals surface area contributed by atoms with Crippen LogP contribution in [-0.2, 0) is 15.8 Å². The number of imide groups is 1. The van der Waals surface area contributed by atoms with Crippen LogP contribution in [0.4, 0.5) is 24.5 Å². The number of alkyl halides is 3. The van der Waals surface area contributed by atoms with Gasteiger partial charge in [-0.25, -0.2) is 0 Å². The Morgan fingerprint density at radius 3 is 2.44 bits per heavy atom. The van der Waals surface area contributed by atoms with Crippen LogP contribution in [0, 0.1) is 39.7 Å². The molecule has 1 aromatic heterocycles. The molecule has 7 rings (SSSR count). The van der Waals surface area contributed by atoms with Crippen molar-refractivity contribution in [2.75, 3.05) is 4.90 Å². The molecule has 2 saturated carbocycles. The molecule has 3 heterocycles. The highest BCUT2D eigenvalue weighted by atomic mass is 32.2. The largest absolute Gasteiger partial charge is 0.416 e. The van der Waals surface area contributed by atoms with Gasteiger partial charge in [-0.2, -0.15) is 13.2 Å². The summed E-state index contributed by atoms with van der Waals surface area (Å²) in [6.45, 7) is 0. The number of hydrogen-bond donors (Lipinski definition) is 1. The molecule has 2 amide bonds. The number of thiazole rings is 1. The third-order valence-electron chi connectivity index (χ3n) is 8.60. The van der Waals surface area contributed by atoms with E-state index >= 15 is 0 Å². The Hall–Kier alpha value is -3.45. The van der Waals surface area contributed by atoms with Crippen LogP contribution in [-0.4, -0.2) is 27.0 Å². The molecule has 1 N–H and O–H groups in total. The van der Waals surface area contributed by atoms with E-state index in [1.54, 1.807) is 12.1 Å². The van der Waals surface area contributed by atoms with Gasteiger partial charge in [-0.15, -0.1) is 11.8 Å². The lowest BCUT2D eigenvalue weighted by Gasteiger charge is -2.42. The van der Waals surface area contributed by atoms with Crippen molar-refractivity contribution in [2.24, 2.45) is 29.6 Å². The first-order valence-corrected chi connectivity index (χ1v) is 13.9. The summed E-state index contributed by atoms with van der Waals surface area (Å²) >= 11 is 2.51. The van der Waals surface area contributed by atoms with Crippen LogP contribution in [0.25, 0.3) is 0 Å². The second-order valence-electron chi connectivity index (χ2n) is 10.4. The minimum absolute atomic E-state index is 0.0874. The number of aromatic nitrogens is 1. The van der Waals surface area contributed by atoms with E-state index in [9.17, 15) is 37.7 Å². The highest BCUT2D eigenvalue weighted by molar-refractivity contribution is 8.00. The summed E-state index contributed by atoms with van der Waals surface area (Å²) in [6, 6.07) is 10.5. The molecule has 7 atom stereocenters. The van der Waals surface area contributed by atoms with Crippen molar-refractivity contribution < 1.29 is 27.7 Å². The molecule has 0 spiro atoms. The molecule has 2 bridgehead atoms. The lowest BCUT2D eigenvalue weighted by atomic mass is 9.68. The second-order valence-corrected chi connectivity index (χ2v) is 12.6. The van der Waals surface area contributed by atoms with Crippen molar-refractivity contribution in [3.05, 3.63) is 84.3 Å². The maximum absolute atomic E-state index is 13.7. The van der Waals surface area contributed by atoms with E-state index in [4.69, 9.17) is 0 Å². The summed E-state index contributed by atoms with van der Waals surface area (Å²) in [5.41, 5.74) is -0.464. The van der Waals surface area contributed by atoms with E-state index in [2.05, 4.69) is 4.98 Å². The number of non-ortho nitro benzene ring substituents is 1. The Labute approximate surface area is 226 Å². The molecule has 39 heavy (non-hydrogen) atoms. The number of nitro benzene ring substituents is 1. The summed E-state index contributed by atoms with van der Waals surface area (Å²) in [6.07, 6.45) is -4.03. The maximum Gasteiger partial charge on any atom is 0.416 e. The zero-order valence-electron chi connectivity index (χ0n) is 19.8. The molecule has 3 aromatic rings. The molecule has 0 radical (unpaired) electrons. The predicted octanol–water partition coefficient (Wildman–Crippen LogP) is 5.04. The quantitative estimate of drug-likeness (QED) is 0.267.